The molecule has 6 nitrogen and oxygen atoms in total. The number of nitrogens with zero attached hydrogens (tertiary/aromatic N) is 4. The molecule has 28 heavy (non-hydrogen) atoms. The van der Waals surface area contributed by atoms with Gasteiger partial charge in [-0.25, -0.2) is 9.98 Å². The van der Waals surface area contributed by atoms with Gasteiger partial charge in [0, 0.05) is 20.6 Å². The minimum Gasteiger partial charge on any atom is -0.492 e. The van der Waals surface area contributed by atoms with Crippen LogP contribution >= 0.6 is 24.0 Å². The van der Waals surface area contributed by atoms with Gasteiger partial charge in [-0.2, -0.15) is 0 Å². The van der Waals surface area contributed by atoms with Crippen LogP contribution in [0.3, 0.4) is 0 Å². The van der Waals surface area contributed by atoms with Crippen molar-refractivity contribution >= 4 is 41.0 Å². The largest absolute Gasteiger partial charge is 0.492 e. The van der Waals surface area contributed by atoms with E-state index in [4.69, 9.17) is 14.7 Å². The second-order valence-electron chi connectivity index (χ2n) is 6.33. The summed E-state index contributed by atoms with van der Waals surface area (Å²) < 4.78 is 7.88. The Balaban J connectivity index is 0.00000280. The van der Waals surface area contributed by atoms with Gasteiger partial charge in [0.15, 0.2) is 5.96 Å². The minimum absolute atomic E-state index is 0. The third kappa shape index (κ3) is 5.60. The molecule has 0 atom stereocenters. The number of aryl methyl sites for hydroxylation is 1. The summed E-state index contributed by atoms with van der Waals surface area (Å²) in [5.41, 5.74) is 2.12. The topological polar surface area (TPSA) is 54.7 Å². The maximum absolute atomic E-state index is 5.79. The van der Waals surface area contributed by atoms with Gasteiger partial charge >= 0.3 is 0 Å². The van der Waals surface area contributed by atoms with Crippen LogP contribution in [-0.4, -0.2) is 47.2 Å². The molecule has 0 saturated carbocycles. The zero-order valence-corrected chi connectivity index (χ0v) is 19.0. The molecule has 0 aliphatic heterocycles. The predicted octanol–water partition coefficient (Wildman–Crippen LogP) is 3.67. The average Bonchev–Trinajstić information content (AvgIpc) is 3.02. The Morgan fingerprint density at radius 2 is 1.86 bits per heavy atom. The van der Waals surface area contributed by atoms with Crippen molar-refractivity contribution < 1.29 is 4.74 Å². The summed E-state index contributed by atoms with van der Waals surface area (Å²) in [7, 11) is 4.05. The highest BCUT2D eigenvalue weighted by molar-refractivity contribution is 14.0. The number of hydrogen-bond acceptors (Lipinski definition) is 3. The first kappa shape index (κ1) is 22.0. The molecule has 0 saturated heterocycles. The summed E-state index contributed by atoms with van der Waals surface area (Å²) in [5.74, 6) is 2.68. The van der Waals surface area contributed by atoms with Crippen molar-refractivity contribution in [2.24, 2.45) is 12.0 Å². The molecule has 0 spiro atoms. The van der Waals surface area contributed by atoms with Crippen molar-refractivity contribution in [1.29, 1.82) is 0 Å². The van der Waals surface area contributed by atoms with E-state index in [1.807, 2.05) is 62.6 Å². The first-order valence-corrected chi connectivity index (χ1v) is 9.26. The number of fused-ring (bicyclic) bond motifs is 1. The maximum Gasteiger partial charge on any atom is 0.194 e. The molecule has 3 rings (SSSR count). The standard InChI is InChI=1S/C21H27N5O.HI/c1-4-22-21(25(2)14-15-27-17-10-6-5-7-11-17)23-16-20-24-18-12-8-9-13-19(18)26(20)3;/h5-13H,4,14-16H2,1-3H3,(H,22,23);1H. The van der Waals surface area contributed by atoms with E-state index in [0.717, 1.165) is 41.7 Å². The third-order valence-electron chi connectivity index (χ3n) is 4.39. The first-order valence-electron chi connectivity index (χ1n) is 9.26. The number of aliphatic imine (C=N–C) groups is 1. The van der Waals surface area contributed by atoms with E-state index < -0.39 is 0 Å². The van der Waals surface area contributed by atoms with E-state index in [1.165, 1.54) is 0 Å². The van der Waals surface area contributed by atoms with Gasteiger partial charge in [0.05, 0.1) is 17.6 Å². The lowest BCUT2D eigenvalue weighted by Crippen LogP contribution is -2.40. The van der Waals surface area contributed by atoms with Crippen LogP contribution in [0.2, 0.25) is 0 Å². The van der Waals surface area contributed by atoms with E-state index >= 15 is 0 Å². The van der Waals surface area contributed by atoms with Crippen molar-refractivity contribution in [3.05, 3.63) is 60.4 Å². The van der Waals surface area contributed by atoms with Crippen LogP contribution in [0.5, 0.6) is 5.75 Å². The van der Waals surface area contributed by atoms with E-state index in [1.54, 1.807) is 0 Å². The fourth-order valence-electron chi connectivity index (χ4n) is 2.88. The highest BCUT2D eigenvalue weighted by atomic mass is 127. The fourth-order valence-corrected chi connectivity index (χ4v) is 2.88. The van der Waals surface area contributed by atoms with E-state index in [9.17, 15) is 0 Å². The molecule has 3 aromatic rings. The molecule has 7 heteroatoms. The predicted molar refractivity (Wildman–Crippen MR) is 126 cm³/mol. The fraction of sp³-hybridized carbons (Fsp3) is 0.333. The van der Waals surface area contributed by atoms with Crippen LogP contribution in [0, 0.1) is 0 Å². The summed E-state index contributed by atoms with van der Waals surface area (Å²) in [6.07, 6.45) is 0. The first-order chi connectivity index (χ1) is 13.2. The van der Waals surface area contributed by atoms with E-state index in [-0.39, 0.29) is 24.0 Å². The maximum atomic E-state index is 5.79. The van der Waals surface area contributed by atoms with Crippen LogP contribution in [0.25, 0.3) is 11.0 Å². The normalized spacial score (nSPS) is 11.2. The highest BCUT2D eigenvalue weighted by Gasteiger charge is 2.09. The van der Waals surface area contributed by atoms with E-state index in [2.05, 4.69) is 27.8 Å². The van der Waals surface area contributed by atoms with Gasteiger partial charge in [-0.15, -0.1) is 24.0 Å². The van der Waals surface area contributed by atoms with Crippen molar-refractivity contribution in [1.82, 2.24) is 19.8 Å². The van der Waals surface area contributed by atoms with Crippen LogP contribution in [0.15, 0.2) is 59.6 Å². The van der Waals surface area contributed by atoms with Gasteiger partial charge in [-0.3, -0.25) is 0 Å². The monoisotopic (exact) mass is 493 g/mol. The molecular formula is C21H28IN5O. The van der Waals surface area contributed by atoms with Gasteiger partial charge in [0.2, 0.25) is 0 Å². The van der Waals surface area contributed by atoms with E-state index in [0.29, 0.717) is 13.2 Å². The second kappa shape index (κ2) is 10.9. The lowest BCUT2D eigenvalue weighted by atomic mass is 10.3. The summed E-state index contributed by atoms with van der Waals surface area (Å²) in [6.45, 7) is 4.74. The molecule has 2 aromatic carbocycles. The number of nitrogens with one attached hydrogen (secondary N) is 1. The van der Waals surface area contributed by atoms with Crippen LogP contribution in [0.1, 0.15) is 12.7 Å². The van der Waals surface area contributed by atoms with Crippen molar-refractivity contribution in [3.8, 4) is 5.75 Å². The molecule has 0 unspecified atom stereocenters. The average molecular weight is 493 g/mol. The van der Waals surface area contributed by atoms with Crippen LogP contribution < -0.4 is 10.1 Å². The molecule has 0 aliphatic rings. The number of benzene rings is 2. The summed E-state index contributed by atoms with van der Waals surface area (Å²) in [4.78, 5) is 11.5. The van der Waals surface area contributed by atoms with Crippen molar-refractivity contribution in [3.63, 3.8) is 0 Å². The second-order valence-corrected chi connectivity index (χ2v) is 6.33. The molecular weight excluding hydrogens is 465 g/mol. The number of halogens is 1. The third-order valence-corrected chi connectivity index (χ3v) is 4.39. The van der Waals surface area contributed by atoms with Crippen molar-refractivity contribution in [2.75, 3.05) is 26.7 Å². The van der Waals surface area contributed by atoms with Crippen LogP contribution in [0.4, 0.5) is 0 Å². The van der Waals surface area contributed by atoms with Gasteiger partial charge in [-0.1, -0.05) is 30.3 Å². The van der Waals surface area contributed by atoms with Crippen LogP contribution in [-0.2, 0) is 13.6 Å². The Bertz CT molecular complexity index is 894. The number of para-hydroxylation sites is 3. The molecule has 1 N–H and O–H groups in total. The van der Waals surface area contributed by atoms with Gasteiger partial charge in [0.25, 0.3) is 0 Å². The number of ether oxygens (including phenoxy) is 1. The number of guanidine groups is 1. The highest BCUT2D eigenvalue weighted by Crippen LogP contribution is 2.14. The molecule has 0 fully saturated rings. The lowest BCUT2D eigenvalue weighted by Gasteiger charge is -2.22. The molecule has 150 valence electrons. The van der Waals surface area contributed by atoms with Crippen molar-refractivity contribution in [2.45, 2.75) is 13.5 Å². The number of rotatable bonds is 7. The van der Waals surface area contributed by atoms with Gasteiger partial charge < -0.3 is 19.5 Å². The zero-order valence-electron chi connectivity index (χ0n) is 16.6. The number of likely N-dealkylation sites (N-methyl/N-ethyl adjacent to an activating group) is 1. The molecule has 0 bridgehead atoms. The Morgan fingerprint density at radius 3 is 2.57 bits per heavy atom. The molecule has 0 aliphatic carbocycles. The Hall–Kier alpha value is -2.29. The minimum atomic E-state index is 0. The van der Waals surface area contributed by atoms with Gasteiger partial charge in [-0.05, 0) is 31.2 Å². The number of imidazole rings is 1. The van der Waals surface area contributed by atoms with Gasteiger partial charge in [0.1, 0.15) is 24.7 Å². The smallest absolute Gasteiger partial charge is 0.194 e. The quantitative estimate of drug-likeness (QED) is 0.310. The SMILES string of the molecule is CCNC(=NCc1nc2ccccc2n1C)N(C)CCOc1ccccc1.I. The summed E-state index contributed by atoms with van der Waals surface area (Å²) in [5, 5.41) is 3.34. The molecule has 0 radical (unpaired) electrons. The molecule has 0 amide bonds. The molecule has 1 aromatic heterocycles. The number of aromatic nitrogens is 2. The Labute approximate surface area is 183 Å². The Morgan fingerprint density at radius 1 is 1.14 bits per heavy atom. The Kier molecular flexibility index (Phi) is 8.56. The number of hydrogen-bond donors (Lipinski definition) is 1. The lowest BCUT2D eigenvalue weighted by molar-refractivity contribution is 0.281. The summed E-state index contributed by atoms with van der Waals surface area (Å²) >= 11 is 0. The zero-order chi connectivity index (χ0) is 19.1. The summed E-state index contributed by atoms with van der Waals surface area (Å²) in [6, 6.07) is 18.0. The molecule has 1 heterocycles.